The van der Waals surface area contributed by atoms with Gasteiger partial charge in [-0.05, 0) is 26.0 Å². The van der Waals surface area contributed by atoms with Crippen LogP contribution in [0.5, 0.6) is 0 Å². The van der Waals surface area contributed by atoms with Gasteiger partial charge in [-0.25, -0.2) is 18.7 Å². The molecule has 3 N–H and O–H groups in total. The minimum Gasteiger partial charge on any atom is -0.383 e. The van der Waals surface area contributed by atoms with Crippen LogP contribution in [-0.2, 0) is 0 Å². The maximum absolute atomic E-state index is 13.5. The molecule has 94 valence electrons. The molecule has 1 aromatic carbocycles. The predicted octanol–water partition coefficient (Wildman–Crippen LogP) is 2.70. The highest BCUT2D eigenvalue weighted by Crippen LogP contribution is 2.24. The van der Waals surface area contributed by atoms with Crippen molar-refractivity contribution in [2.45, 2.75) is 13.8 Å². The average Bonchev–Trinajstić information content (AvgIpc) is 2.31. The highest BCUT2D eigenvalue weighted by atomic mass is 19.2. The summed E-state index contributed by atoms with van der Waals surface area (Å²) in [6.07, 6.45) is 0. The largest absolute Gasteiger partial charge is 0.383 e. The number of nitrogens with one attached hydrogen (secondary N) is 1. The Kier molecular flexibility index (Phi) is 3.10. The second kappa shape index (κ2) is 4.56. The smallest absolute Gasteiger partial charge is 0.182 e. The first-order chi connectivity index (χ1) is 8.49. The van der Waals surface area contributed by atoms with E-state index < -0.39 is 11.6 Å². The van der Waals surface area contributed by atoms with E-state index in [0.717, 1.165) is 6.07 Å². The van der Waals surface area contributed by atoms with Crippen molar-refractivity contribution in [1.29, 1.82) is 0 Å². The second-order valence-corrected chi connectivity index (χ2v) is 3.86. The number of aromatic nitrogens is 2. The summed E-state index contributed by atoms with van der Waals surface area (Å²) in [7, 11) is 0. The molecule has 0 radical (unpaired) electrons. The van der Waals surface area contributed by atoms with Gasteiger partial charge in [0.2, 0.25) is 0 Å². The van der Waals surface area contributed by atoms with Crippen LogP contribution in [-0.4, -0.2) is 9.97 Å². The van der Waals surface area contributed by atoms with Crippen molar-refractivity contribution < 1.29 is 8.78 Å². The summed E-state index contributed by atoms with van der Waals surface area (Å²) in [6, 6.07) is 3.88. The van der Waals surface area contributed by atoms with E-state index >= 15 is 0 Å². The van der Waals surface area contributed by atoms with Gasteiger partial charge in [0.25, 0.3) is 0 Å². The summed E-state index contributed by atoms with van der Waals surface area (Å²) < 4.78 is 26.6. The van der Waals surface area contributed by atoms with Gasteiger partial charge in [-0.15, -0.1) is 0 Å². The van der Waals surface area contributed by atoms with Crippen molar-refractivity contribution in [3.8, 4) is 0 Å². The predicted molar refractivity (Wildman–Crippen MR) is 65.6 cm³/mol. The van der Waals surface area contributed by atoms with Gasteiger partial charge in [0.1, 0.15) is 17.5 Å². The van der Waals surface area contributed by atoms with E-state index in [2.05, 4.69) is 15.3 Å². The standard InChI is InChI=1S/C12H12F2N4/c1-6-11(15)16-7(2)17-12(6)18-9-5-3-4-8(13)10(9)14/h3-5H,1-2H3,(H3,15,16,17,18). The van der Waals surface area contributed by atoms with Gasteiger partial charge >= 0.3 is 0 Å². The molecule has 0 spiro atoms. The number of nitrogen functional groups attached to an aromatic ring is 1. The molecule has 0 bridgehead atoms. The highest BCUT2D eigenvalue weighted by Gasteiger charge is 2.11. The fourth-order valence-electron chi connectivity index (χ4n) is 1.50. The first kappa shape index (κ1) is 12.2. The molecule has 1 aromatic heterocycles. The number of hydrogen-bond acceptors (Lipinski definition) is 4. The molecule has 6 heteroatoms. The van der Waals surface area contributed by atoms with Crippen LogP contribution in [0.1, 0.15) is 11.4 Å². The molecule has 4 nitrogen and oxygen atoms in total. The van der Waals surface area contributed by atoms with Crippen LogP contribution in [0, 0.1) is 25.5 Å². The molecule has 2 aromatic rings. The first-order valence-electron chi connectivity index (χ1n) is 5.31. The lowest BCUT2D eigenvalue weighted by atomic mass is 10.2. The van der Waals surface area contributed by atoms with E-state index in [1.54, 1.807) is 13.8 Å². The number of rotatable bonds is 2. The van der Waals surface area contributed by atoms with E-state index in [1.807, 2.05) is 0 Å². The summed E-state index contributed by atoms with van der Waals surface area (Å²) in [6.45, 7) is 3.37. The minimum absolute atomic E-state index is 0.00981. The van der Waals surface area contributed by atoms with Crippen LogP contribution >= 0.6 is 0 Å². The van der Waals surface area contributed by atoms with Crippen molar-refractivity contribution in [3.05, 3.63) is 41.2 Å². The number of nitrogens with two attached hydrogens (primary N) is 1. The second-order valence-electron chi connectivity index (χ2n) is 3.86. The Balaban J connectivity index is 2.43. The molecule has 0 aliphatic heterocycles. The third-order valence-electron chi connectivity index (χ3n) is 2.50. The lowest BCUT2D eigenvalue weighted by molar-refractivity contribution is 0.511. The quantitative estimate of drug-likeness (QED) is 0.860. The van der Waals surface area contributed by atoms with Gasteiger partial charge < -0.3 is 11.1 Å². The maximum atomic E-state index is 13.5. The molecule has 0 saturated carbocycles. The van der Waals surface area contributed by atoms with Crippen molar-refractivity contribution >= 4 is 17.3 Å². The molecule has 2 rings (SSSR count). The van der Waals surface area contributed by atoms with Crippen molar-refractivity contribution in [3.63, 3.8) is 0 Å². The van der Waals surface area contributed by atoms with Gasteiger partial charge in [-0.1, -0.05) is 6.07 Å². The van der Waals surface area contributed by atoms with Crippen LogP contribution in [0.2, 0.25) is 0 Å². The lowest BCUT2D eigenvalue weighted by Gasteiger charge is -2.11. The van der Waals surface area contributed by atoms with Crippen molar-refractivity contribution in [1.82, 2.24) is 9.97 Å². The van der Waals surface area contributed by atoms with Crippen LogP contribution in [0.3, 0.4) is 0 Å². The van der Waals surface area contributed by atoms with Crippen LogP contribution in [0.15, 0.2) is 18.2 Å². The van der Waals surface area contributed by atoms with Crippen LogP contribution < -0.4 is 11.1 Å². The van der Waals surface area contributed by atoms with Crippen molar-refractivity contribution in [2.75, 3.05) is 11.1 Å². The van der Waals surface area contributed by atoms with Gasteiger partial charge in [0, 0.05) is 5.56 Å². The Morgan fingerprint density at radius 3 is 2.61 bits per heavy atom. The van der Waals surface area contributed by atoms with Gasteiger partial charge in [-0.2, -0.15) is 0 Å². The number of benzene rings is 1. The van der Waals surface area contributed by atoms with Crippen LogP contribution in [0.4, 0.5) is 26.1 Å². The van der Waals surface area contributed by atoms with Crippen LogP contribution in [0.25, 0.3) is 0 Å². The summed E-state index contributed by atoms with van der Waals surface area (Å²) in [5.74, 6) is -0.744. The molecule has 0 aliphatic rings. The Bertz CT molecular complexity index is 599. The summed E-state index contributed by atoms with van der Waals surface area (Å²) in [5, 5.41) is 2.72. The van der Waals surface area contributed by atoms with Crippen molar-refractivity contribution in [2.24, 2.45) is 0 Å². The Labute approximate surface area is 103 Å². The maximum Gasteiger partial charge on any atom is 0.182 e. The summed E-state index contributed by atoms with van der Waals surface area (Å²) in [5.41, 5.74) is 6.28. The Hall–Kier alpha value is -2.24. The molecular formula is C12H12F2N4. The number of nitrogens with zero attached hydrogens (tertiary/aromatic N) is 2. The van der Waals surface area contributed by atoms with E-state index in [-0.39, 0.29) is 5.69 Å². The number of halogens is 2. The SMILES string of the molecule is Cc1nc(N)c(C)c(Nc2cccc(F)c2F)n1. The zero-order valence-electron chi connectivity index (χ0n) is 9.96. The molecule has 0 unspecified atom stereocenters. The average molecular weight is 250 g/mol. The molecule has 1 heterocycles. The molecule has 0 aliphatic carbocycles. The van der Waals surface area contributed by atoms with E-state index in [9.17, 15) is 8.78 Å². The molecular weight excluding hydrogens is 238 g/mol. The Morgan fingerprint density at radius 2 is 1.89 bits per heavy atom. The topological polar surface area (TPSA) is 63.8 Å². The first-order valence-corrected chi connectivity index (χ1v) is 5.31. The monoisotopic (exact) mass is 250 g/mol. The van der Waals surface area contributed by atoms with Gasteiger partial charge in [-0.3, -0.25) is 0 Å². The lowest BCUT2D eigenvalue weighted by Crippen LogP contribution is -2.06. The van der Waals surface area contributed by atoms with E-state index in [4.69, 9.17) is 5.73 Å². The molecule has 0 fully saturated rings. The zero-order valence-corrected chi connectivity index (χ0v) is 9.96. The molecule has 0 amide bonds. The fraction of sp³-hybridized carbons (Fsp3) is 0.167. The van der Waals surface area contributed by atoms with Gasteiger partial charge in [0.05, 0.1) is 5.69 Å². The van der Waals surface area contributed by atoms with E-state index in [0.29, 0.717) is 23.0 Å². The van der Waals surface area contributed by atoms with E-state index in [1.165, 1.54) is 12.1 Å². The Morgan fingerprint density at radius 1 is 1.17 bits per heavy atom. The molecule has 0 saturated heterocycles. The summed E-state index contributed by atoms with van der Waals surface area (Å²) in [4.78, 5) is 8.08. The fourth-order valence-corrected chi connectivity index (χ4v) is 1.50. The third-order valence-corrected chi connectivity index (χ3v) is 2.50. The number of aryl methyl sites for hydroxylation is 1. The molecule has 18 heavy (non-hydrogen) atoms. The zero-order chi connectivity index (χ0) is 13.3. The summed E-state index contributed by atoms with van der Waals surface area (Å²) >= 11 is 0. The highest BCUT2D eigenvalue weighted by molar-refractivity contribution is 5.64. The normalized spacial score (nSPS) is 10.4. The number of anilines is 3. The van der Waals surface area contributed by atoms with Gasteiger partial charge in [0.15, 0.2) is 11.6 Å². The minimum atomic E-state index is -0.952. The third kappa shape index (κ3) is 2.22. The molecule has 0 atom stereocenters. The number of hydrogen-bond donors (Lipinski definition) is 2.